The van der Waals surface area contributed by atoms with Crippen molar-refractivity contribution in [3.05, 3.63) is 66.7 Å². The van der Waals surface area contributed by atoms with Gasteiger partial charge in [0.2, 0.25) is 0 Å². The lowest BCUT2D eigenvalue weighted by Crippen LogP contribution is -2.49. The summed E-state index contributed by atoms with van der Waals surface area (Å²) in [7, 11) is 0. The molecule has 4 aromatic rings. The van der Waals surface area contributed by atoms with Crippen molar-refractivity contribution in [2.75, 3.05) is 31.1 Å². The van der Waals surface area contributed by atoms with Gasteiger partial charge in [-0.1, -0.05) is 30.3 Å². The lowest BCUT2D eigenvalue weighted by molar-refractivity contribution is 0.0717. The topological polar surface area (TPSA) is 62.5 Å². The number of nitrogens with zero attached hydrogens (tertiary/aromatic N) is 4. The van der Waals surface area contributed by atoms with Crippen molar-refractivity contribution in [1.29, 1.82) is 0 Å². The van der Waals surface area contributed by atoms with Crippen molar-refractivity contribution >= 4 is 33.6 Å². The van der Waals surface area contributed by atoms with Crippen LogP contribution in [0.25, 0.3) is 21.9 Å². The van der Waals surface area contributed by atoms with Crippen molar-refractivity contribution in [3.8, 4) is 0 Å². The third-order valence-electron chi connectivity index (χ3n) is 5.02. The van der Waals surface area contributed by atoms with Gasteiger partial charge in [0.05, 0.1) is 5.52 Å². The van der Waals surface area contributed by atoms with Gasteiger partial charge in [0.15, 0.2) is 5.76 Å². The molecule has 2 aromatic heterocycles. The van der Waals surface area contributed by atoms with E-state index >= 15 is 0 Å². The molecule has 0 aliphatic carbocycles. The molecule has 1 aliphatic rings. The second-order valence-corrected chi connectivity index (χ2v) is 6.64. The Labute approximate surface area is 156 Å². The maximum atomic E-state index is 12.8. The average Bonchev–Trinajstić information content (AvgIpc) is 3.17. The Hall–Kier alpha value is -3.41. The number of furan rings is 1. The highest BCUT2D eigenvalue weighted by molar-refractivity contribution is 5.96. The van der Waals surface area contributed by atoms with E-state index in [9.17, 15) is 4.79 Å². The summed E-state index contributed by atoms with van der Waals surface area (Å²) in [6.07, 6.45) is 1.60. The Morgan fingerprint density at radius 3 is 2.56 bits per heavy atom. The fourth-order valence-electron chi connectivity index (χ4n) is 3.61. The number of carbonyl (C=O) groups is 1. The first-order chi connectivity index (χ1) is 13.3. The molecule has 1 saturated heterocycles. The van der Waals surface area contributed by atoms with Crippen LogP contribution >= 0.6 is 0 Å². The SMILES string of the molecule is O=C(c1cc2ccccc2o1)N1CCN(c2ncnc3ccccc23)CC1. The molecule has 3 heterocycles. The molecule has 5 rings (SSSR count). The van der Waals surface area contributed by atoms with E-state index < -0.39 is 0 Å². The van der Waals surface area contributed by atoms with Crippen LogP contribution in [-0.4, -0.2) is 47.0 Å². The molecule has 6 heteroatoms. The summed E-state index contributed by atoms with van der Waals surface area (Å²) in [5.74, 6) is 1.27. The van der Waals surface area contributed by atoms with E-state index in [-0.39, 0.29) is 5.91 Å². The average molecular weight is 358 g/mol. The van der Waals surface area contributed by atoms with Crippen LogP contribution in [0.3, 0.4) is 0 Å². The van der Waals surface area contributed by atoms with Crippen LogP contribution in [0.15, 0.2) is 65.3 Å². The number of benzene rings is 2. The molecule has 1 fully saturated rings. The molecule has 0 unspecified atom stereocenters. The molecule has 1 amide bonds. The molecule has 2 aromatic carbocycles. The largest absolute Gasteiger partial charge is 0.451 e. The number of hydrogen-bond acceptors (Lipinski definition) is 5. The van der Waals surface area contributed by atoms with E-state index in [4.69, 9.17) is 4.42 Å². The van der Waals surface area contributed by atoms with Crippen LogP contribution in [0.2, 0.25) is 0 Å². The zero-order valence-electron chi connectivity index (χ0n) is 14.7. The quantitative estimate of drug-likeness (QED) is 0.550. The van der Waals surface area contributed by atoms with Crippen molar-refractivity contribution in [3.63, 3.8) is 0 Å². The van der Waals surface area contributed by atoms with Crippen molar-refractivity contribution in [2.45, 2.75) is 0 Å². The number of hydrogen-bond donors (Lipinski definition) is 0. The van der Waals surface area contributed by atoms with E-state index in [1.807, 2.05) is 59.5 Å². The number of aromatic nitrogens is 2. The van der Waals surface area contributed by atoms with Gasteiger partial charge in [0.1, 0.15) is 17.7 Å². The molecule has 0 radical (unpaired) electrons. The summed E-state index contributed by atoms with van der Waals surface area (Å²) in [5, 5.41) is 1.99. The number of anilines is 1. The molecule has 0 atom stereocenters. The summed E-state index contributed by atoms with van der Waals surface area (Å²) in [6, 6.07) is 17.5. The Balaban J connectivity index is 1.34. The molecular weight excluding hydrogens is 340 g/mol. The molecule has 6 nitrogen and oxygen atoms in total. The van der Waals surface area contributed by atoms with Gasteiger partial charge in [-0.2, -0.15) is 0 Å². The standard InChI is InChI=1S/C21H18N4O2/c26-21(19-13-15-5-1-4-8-18(15)27-19)25-11-9-24(10-12-25)20-16-6-2-3-7-17(16)22-14-23-20/h1-8,13-14H,9-12H2. The monoisotopic (exact) mass is 358 g/mol. The summed E-state index contributed by atoms with van der Waals surface area (Å²) < 4.78 is 5.73. The van der Waals surface area contributed by atoms with Gasteiger partial charge in [-0.05, 0) is 24.3 Å². The fourth-order valence-corrected chi connectivity index (χ4v) is 3.61. The first-order valence-electron chi connectivity index (χ1n) is 9.02. The van der Waals surface area contributed by atoms with Crippen LogP contribution in [0.4, 0.5) is 5.82 Å². The number of rotatable bonds is 2. The minimum absolute atomic E-state index is 0.0570. The van der Waals surface area contributed by atoms with E-state index in [1.54, 1.807) is 6.33 Å². The number of para-hydroxylation sites is 2. The number of fused-ring (bicyclic) bond motifs is 2. The number of amides is 1. The second-order valence-electron chi connectivity index (χ2n) is 6.64. The normalized spacial score (nSPS) is 14.8. The van der Waals surface area contributed by atoms with Gasteiger partial charge in [-0.3, -0.25) is 4.79 Å². The summed E-state index contributed by atoms with van der Waals surface area (Å²) in [6.45, 7) is 2.72. The highest BCUT2D eigenvalue weighted by atomic mass is 16.3. The zero-order chi connectivity index (χ0) is 18.2. The van der Waals surface area contributed by atoms with E-state index in [0.717, 1.165) is 40.8 Å². The van der Waals surface area contributed by atoms with Gasteiger partial charge in [-0.15, -0.1) is 0 Å². The number of carbonyl (C=O) groups excluding carboxylic acids is 1. The van der Waals surface area contributed by atoms with Gasteiger partial charge < -0.3 is 14.2 Å². The van der Waals surface area contributed by atoms with Crippen LogP contribution in [0.1, 0.15) is 10.6 Å². The van der Waals surface area contributed by atoms with Crippen LogP contribution in [0.5, 0.6) is 0 Å². The van der Waals surface area contributed by atoms with Crippen LogP contribution < -0.4 is 4.90 Å². The third kappa shape index (κ3) is 2.79. The zero-order valence-corrected chi connectivity index (χ0v) is 14.7. The van der Waals surface area contributed by atoms with E-state index in [0.29, 0.717) is 18.8 Å². The minimum Gasteiger partial charge on any atom is -0.451 e. The van der Waals surface area contributed by atoms with Crippen molar-refractivity contribution < 1.29 is 9.21 Å². The van der Waals surface area contributed by atoms with Crippen molar-refractivity contribution in [1.82, 2.24) is 14.9 Å². The summed E-state index contributed by atoms with van der Waals surface area (Å²) >= 11 is 0. The Kier molecular flexibility index (Phi) is 3.74. The van der Waals surface area contributed by atoms with Gasteiger partial charge in [-0.25, -0.2) is 9.97 Å². The summed E-state index contributed by atoms with van der Waals surface area (Å²) in [5.41, 5.74) is 1.68. The molecule has 0 bridgehead atoms. The Bertz CT molecular complexity index is 1090. The predicted molar refractivity (Wildman–Crippen MR) is 104 cm³/mol. The van der Waals surface area contributed by atoms with Crippen LogP contribution in [0, 0.1) is 0 Å². The van der Waals surface area contributed by atoms with Gasteiger partial charge in [0, 0.05) is 37.0 Å². The maximum Gasteiger partial charge on any atom is 0.289 e. The predicted octanol–water partition coefficient (Wildman–Crippen LogP) is 3.34. The molecule has 0 N–H and O–H groups in total. The van der Waals surface area contributed by atoms with Gasteiger partial charge >= 0.3 is 0 Å². The molecule has 27 heavy (non-hydrogen) atoms. The second kappa shape index (κ2) is 6.39. The van der Waals surface area contributed by atoms with Gasteiger partial charge in [0.25, 0.3) is 5.91 Å². The molecule has 1 aliphatic heterocycles. The highest BCUT2D eigenvalue weighted by Crippen LogP contribution is 2.25. The molecule has 0 spiro atoms. The Morgan fingerprint density at radius 2 is 1.70 bits per heavy atom. The lowest BCUT2D eigenvalue weighted by atomic mass is 10.2. The highest BCUT2D eigenvalue weighted by Gasteiger charge is 2.25. The molecule has 134 valence electrons. The van der Waals surface area contributed by atoms with E-state index in [2.05, 4.69) is 14.9 Å². The molecular formula is C21H18N4O2. The Morgan fingerprint density at radius 1 is 0.926 bits per heavy atom. The lowest BCUT2D eigenvalue weighted by Gasteiger charge is -2.35. The molecule has 0 saturated carbocycles. The first kappa shape index (κ1) is 15.8. The third-order valence-corrected chi connectivity index (χ3v) is 5.02. The van der Waals surface area contributed by atoms with E-state index in [1.165, 1.54) is 0 Å². The minimum atomic E-state index is -0.0570. The summed E-state index contributed by atoms with van der Waals surface area (Å²) in [4.78, 5) is 25.7. The fraction of sp³-hybridized carbons (Fsp3) is 0.190. The smallest absolute Gasteiger partial charge is 0.289 e. The number of piperazine rings is 1. The first-order valence-corrected chi connectivity index (χ1v) is 9.02. The maximum absolute atomic E-state index is 12.8. The van der Waals surface area contributed by atoms with Crippen LogP contribution in [-0.2, 0) is 0 Å². The van der Waals surface area contributed by atoms with Crippen molar-refractivity contribution in [2.24, 2.45) is 0 Å².